The summed E-state index contributed by atoms with van der Waals surface area (Å²) in [4.78, 5) is 21.2. The minimum atomic E-state index is -0.433. The smallest absolute Gasteiger partial charge is 0.283 e. The summed E-state index contributed by atoms with van der Waals surface area (Å²) in [6, 6.07) is 12.2. The van der Waals surface area contributed by atoms with Gasteiger partial charge in [0.2, 0.25) is 5.17 Å². The van der Waals surface area contributed by atoms with E-state index in [2.05, 4.69) is 51.7 Å². The number of pyridine rings is 1. The molecule has 0 spiro atoms. The Morgan fingerprint density at radius 1 is 1.06 bits per heavy atom. The van der Waals surface area contributed by atoms with Gasteiger partial charge in [-0.1, -0.05) is 6.07 Å². The second kappa shape index (κ2) is 7.97. The first kappa shape index (κ1) is 21.1. The second-order valence-corrected chi connectivity index (χ2v) is 9.13. The van der Waals surface area contributed by atoms with Crippen LogP contribution in [0.5, 0.6) is 0 Å². The van der Waals surface area contributed by atoms with E-state index >= 15 is 0 Å². The van der Waals surface area contributed by atoms with E-state index in [1.165, 1.54) is 27.9 Å². The number of benzene rings is 1. The van der Waals surface area contributed by atoms with Crippen molar-refractivity contribution < 1.29 is 4.79 Å². The Kier molecular flexibility index (Phi) is 5.09. The van der Waals surface area contributed by atoms with Gasteiger partial charge in [-0.05, 0) is 92.6 Å². The highest BCUT2D eigenvalue weighted by Gasteiger charge is 2.36. The number of aromatic nitrogens is 2. The Balaban J connectivity index is 1.53. The fourth-order valence-corrected chi connectivity index (χ4v) is 5.05. The predicted molar refractivity (Wildman–Crippen MR) is 133 cm³/mol. The molecule has 0 unspecified atom stereocenters. The number of hydrogen-bond acceptors (Lipinski definition) is 5. The van der Waals surface area contributed by atoms with Crippen LogP contribution in [0.2, 0.25) is 0 Å². The van der Waals surface area contributed by atoms with E-state index in [9.17, 15) is 4.79 Å². The van der Waals surface area contributed by atoms with Crippen LogP contribution < -0.4 is 0 Å². The molecule has 2 aliphatic heterocycles. The third-order valence-corrected chi connectivity index (χ3v) is 6.56. The molecule has 2 aliphatic rings. The number of fused-ring (bicyclic) bond motifs is 1. The molecule has 0 aliphatic carbocycles. The lowest BCUT2D eigenvalue weighted by Gasteiger charge is -2.20. The average Bonchev–Trinajstić information content (AvgIpc) is 3.31. The van der Waals surface area contributed by atoms with Crippen LogP contribution in [-0.4, -0.2) is 36.5 Å². The van der Waals surface area contributed by atoms with E-state index in [4.69, 9.17) is 5.41 Å². The van der Waals surface area contributed by atoms with E-state index in [0.717, 1.165) is 28.2 Å². The van der Waals surface area contributed by atoms with Crippen molar-refractivity contribution in [1.82, 2.24) is 14.6 Å². The lowest BCUT2D eigenvalue weighted by atomic mass is 10.1. The highest BCUT2D eigenvalue weighted by atomic mass is 32.2. The van der Waals surface area contributed by atoms with Crippen LogP contribution in [0.15, 0.2) is 64.5 Å². The van der Waals surface area contributed by atoms with Gasteiger partial charge in [-0.25, -0.2) is 0 Å². The maximum Gasteiger partial charge on any atom is 0.283 e. The number of hydrazone groups is 1. The number of nitrogens with zero attached hydrogens (tertiary/aromatic N) is 5. The molecule has 0 saturated carbocycles. The molecule has 33 heavy (non-hydrogen) atoms. The Bertz CT molecular complexity index is 1390. The van der Waals surface area contributed by atoms with Gasteiger partial charge in [-0.15, -0.1) is 0 Å². The summed E-state index contributed by atoms with van der Waals surface area (Å²) in [6.45, 7) is 8.23. The van der Waals surface area contributed by atoms with Crippen LogP contribution in [0, 0.1) is 33.1 Å². The van der Waals surface area contributed by atoms with Crippen molar-refractivity contribution in [3.8, 4) is 5.69 Å². The van der Waals surface area contributed by atoms with Crippen molar-refractivity contribution in [1.29, 1.82) is 5.41 Å². The van der Waals surface area contributed by atoms with Crippen molar-refractivity contribution in [2.45, 2.75) is 27.7 Å². The number of thioether (sulfide) groups is 1. The normalized spacial score (nSPS) is 16.8. The zero-order chi connectivity index (χ0) is 23.3. The lowest BCUT2D eigenvalue weighted by Crippen LogP contribution is -2.35. The topological polar surface area (TPSA) is 86.7 Å². The Hall–Kier alpha value is -3.78. The van der Waals surface area contributed by atoms with Crippen molar-refractivity contribution in [3.63, 3.8) is 0 Å². The minimum Gasteiger partial charge on any atom is -0.318 e. The number of hydrogen-bond donors (Lipinski definition) is 1. The number of aryl methyl sites for hydroxylation is 3. The largest absolute Gasteiger partial charge is 0.318 e. The predicted octanol–water partition coefficient (Wildman–Crippen LogP) is 4.77. The third-order valence-electron chi connectivity index (χ3n) is 5.60. The Morgan fingerprint density at radius 3 is 2.52 bits per heavy atom. The lowest BCUT2D eigenvalue weighted by molar-refractivity contribution is -0.114. The van der Waals surface area contributed by atoms with Crippen molar-refractivity contribution in [3.05, 3.63) is 88.0 Å². The summed E-state index contributed by atoms with van der Waals surface area (Å²) in [5, 5.41) is 15.7. The molecule has 8 heteroatoms. The summed E-state index contributed by atoms with van der Waals surface area (Å²) in [6.07, 6.45) is 5.14. The van der Waals surface area contributed by atoms with Crippen LogP contribution in [0.1, 0.15) is 33.6 Å². The first-order valence-corrected chi connectivity index (χ1v) is 11.3. The molecule has 2 aromatic heterocycles. The number of amidine groups is 2. The molecular weight excluding hydrogens is 432 g/mol. The van der Waals surface area contributed by atoms with Gasteiger partial charge in [0.25, 0.3) is 5.91 Å². The molecule has 1 aromatic carbocycles. The van der Waals surface area contributed by atoms with Gasteiger partial charge in [0.1, 0.15) is 5.04 Å². The number of carbonyl (C=O) groups excluding carboxylic acids is 1. The molecule has 0 radical (unpaired) electrons. The summed E-state index contributed by atoms with van der Waals surface area (Å²) < 4.78 is 2.17. The van der Waals surface area contributed by atoms with Crippen LogP contribution in [0.25, 0.3) is 11.8 Å². The van der Waals surface area contributed by atoms with Crippen molar-refractivity contribution in [2.24, 2.45) is 10.1 Å². The summed E-state index contributed by atoms with van der Waals surface area (Å²) >= 11 is 1.27. The molecule has 0 fully saturated rings. The first-order valence-electron chi connectivity index (χ1n) is 10.5. The molecule has 1 N–H and O–H groups in total. The summed E-state index contributed by atoms with van der Waals surface area (Å²) in [7, 11) is 0. The summed E-state index contributed by atoms with van der Waals surface area (Å²) in [5.74, 6) is -0.412. The van der Waals surface area contributed by atoms with Crippen LogP contribution in [0.4, 0.5) is 0 Å². The molecule has 164 valence electrons. The second-order valence-electron chi connectivity index (χ2n) is 8.17. The average molecular weight is 455 g/mol. The Morgan fingerprint density at radius 2 is 1.82 bits per heavy atom. The Labute approximate surface area is 196 Å². The number of carbonyl (C=O) groups is 1. The van der Waals surface area contributed by atoms with Crippen molar-refractivity contribution >= 4 is 39.8 Å². The third kappa shape index (κ3) is 3.72. The zero-order valence-electron chi connectivity index (χ0n) is 18.7. The maximum atomic E-state index is 12.9. The van der Waals surface area contributed by atoms with Gasteiger partial charge in [0.05, 0.1) is 5.57 Å². The monoisotopic (exact) mass is 454 g/mol. The fraction of sp³-hybridized carbons (Fsp3) is 0.160. The standard InChI is InChI=1S/C25H22N6OS/c1-14-8-15(2)10-20(9-14)30-16(3)11-19(17(30)4)12-21-22(26)31-25(28-23(21)32)33-24(29-31)18-6-5-7-27-13-18/h5-13,26H,1-4H3/b21-12+,26-22?. The van der Waals surface area contributed by atoms with Gasteiger partial charge < -0.3 is 4.57 Å². The molecule has 0 saturated heterocycles. The van der Waals surface area contributed by atoms with E-state index < -0.39 is 5.91 Å². The van der Waals surface area contributed by atoms with Crippen LogP contribution in [0.3, 0.4) is 0 Å². The van der Waals surface area contributed by atoms with Crippen LogP contribution >= 0.6 is 11.8 Å². The number of aliphatic imine (C=N–C) groups is 1. The molecule has 5 rings (SSSR count). The summed E-state index contributed by atoms with van der Waals surface area (Å²) in [5.41, 5.74) is 7.43. The van der Waals surface area contributed by atoms with Gasteiger partial charge in [0, 0.05) is 35.0 Å². The van der Waals surface area contributed by atoms with E-state index in [0.29, 0.717) is 10.2 Å². The molecule has 7 nitrogen and oxygen atoms in total. The SMILES string of the molecule is Cc1cc(C)cc(-n2c(C)cc(/C=C3\C(=N)N4N=C(c5cccnc5)SC4=NC3=O)c2C)c1. The van der Waals surface area contributed by atoms with Gasteiger partial charge >= 0.3 is 0 Å². The molecular formula is C25H22N6OS. The molecule has 3 aromatic rings. The van der Waals surface area contributed by atoms with E-state index in [1.54, 1.807) is 18.5 Å². The minimum absolute atomic E-state index is 0.0209. The molecule has 4 heterocycles. The van der Waals surface area contributed by atoms with Crippen LogP contribution in [-0.2, 0) is 4.79 Å². The molecule has 1 amide bonds. The number of amides is 1. The highest BCUT2D eigenvalue weighted by molar-refractivity contribution is 8.27. The number of rotatable bonds is 3. The van der Waals surface area contributed by atoms with Crippen molar-refractivity contribution in [2.75, 3.05) is 0 Å². The maximum absolute atomic E-state index is 12.9. The fourth-order valence-electron chi connectivity index (χ4n) is 4.16. The van der Waals surface area contributed by atoms with Gasteiger partial charge in [0.15, 0.2) is 5.84 Å². The molecule has 0 bridgehead atoms. The quantitative estimate of drug-likeness (QED) is 0.578. The van der Waals surface area contributed by atoms with E-state index in [-0.39, 0.29) is 11.4 Å². The first-order chi connectivity index (χ1) is 15.8. The van der Waals surface area contributed by atoms with E-state index in [1.807, 2.05) is 32.0 Å². The van der Waals surface area contributed by atoms with Gasteiger partial charge in [-0.3, -0.25) is 15.2 Å². The zero-order valence-corrected chi connectivity index (χ0v) is 19.6. The van der Waals surface area contributed by atoms with Gasteiger partial charge in [-0.2, -0.15) is 15.1 Å². The number of nitrogens with one attached hydrogen (secondary N) is 1. The molecule has 0 atom stereocenters. The highest BCUT2D eigenvalue weighted by Crippen LogP contribution is 2.31.